The van der Waals surface area contributed by atoms with Gasteiger partial charge in [-0.15, -0.1) is 0 Å². The number of hydrogen-bond donors (Lipinski definition) is 2. The fourth-order valence-corrected chi connectivity index (χ4v) is 0.976. The van der Waals surface area contributed by atoms with Gasteiger partial charge in [0.05, 0.1) is 12.2 Å². The maximum absolute atomic E-state index is 9.20. The summed E-state index contributed by atoms with van der Waals surface area (Å²) in [5.74, 6) is 0. The summed E-state index contributed by atoms with van der Waals surface area (Å²) in [6.45, 7) is 4.00. The van der Waals surface area contributed by atoms with Gasteiger partial charge >= 0.3 is 0 Å². The van der Waals surface area contributed by atoms with Gasteiger partial charge in [-0.2, -0.15) is 0 Å². The van der Waals surface area contributed by atoms with Gasteiger partial charge in [0.1, 0.15) is 0 Å². The third kappa shape index (κ3) is 3.85. The van der Waals surface area contributed by atoms with Crippen molar-refractivity contribution in [2.24, 2.45) is 0 Å². The van der Waals surface area contributed by atoms with Gasteiger partial charge in [0.25, 0.3) is 0 Å². The molecule has 0 unspecified atom stereocenters. The molecule has 2 N–H and O–H groups in total. The van der Waals surface area contributed by atoms with Crippen LogP contribution in [0.4, 0.5) is 0 Å². The average Bonchev–Trinajstić information content (AvgIpc) is 1.89. The lowest BCUT2D eigenvalue weighted by Crippen LogP contribution is -2.25. The Kier molecular flexibility index (Phi) is 5.64. The lowest BCUT2D eigenvalue weighted by atomic mass is 10.1. The molecule has 0 aliphatic rings. The Bertz CT molecular complexity index is 63.7. The first-order chi connectivity index (χ1) is 4.72. The van der Waals surface area contributed by atoms with Crippen LogP contribution in [0.2, 0.25) is 0 Å². The van der Waals surface area contributed by atoms with E-state index in [9.17, 15) is 10.2 Å². The van der Waals surface area contributed by atoms with Crippen LogP contribution in [-0.4, -0.2) is 22.4 Å². The molecule has 0 fully saturated rings. The first kappa shape index (κ1) is 9.92. The van der Waals surface area contributed by atoms with Crippen molar-refractivity contribution in [1.82, 2.24) is 0 Å². The van der Waals surface area contributed by atoms with Crippen LogP contribution in [0.5, 0.6) is 0 Å². The summed E-state index contributed by atoms with van der Waals surface area (Å²) in [7, 11) is 0. The third-order valence-electron chi connectivity index (χ3n) is 1.61. The normalized spacial score (nSPS) is 16.8. The number of aliphatic hydroxyl groups excluding tert-OH is 2. The zero-order valence-electron chi connectivity index (χ0n) is 6.88. The SMILES string of the molecule is CCC[C@@H](O)[C@@H](O)CCC. The van der Waals surface area contributed by atoms with Gasteiger partial charge < -0.3 is 10.2 Å². The van der Waals surface area contributed by atoms with E-state index < -0.39 is 12.2 Å². The van der Waals surface area contributed by atoms with Crippen molar-refractivity contribution < 1.29 is 10.2 Å². The van der Waals surface area contributed by atoms with Crippen LogP contribution >= 0.6 is 0 Å². The summed E-state index contributed by atoms with van der Waals surface area (Å²) in [6, 6.07) is 0. The predicted molar refractivity (Wildman–Crippen MR) is 41.8 cm³/mol. The molecule has 0 radical (unpaired) electrons. The monoisotopic (exact) mass is 146 g/mol. The van der Waals surface area contributed by atoms with Crippen LogP contribution in [0.3, 0.4) is 0 Å². The lowest BCUT2D eigenvalue weighted by molar-refractivity contribution is 0.00923. The largest absolute Gasteiger partial charge is 0.390 e. The second kappa shape index (κ2) is 5.69. The Morgan fingerprint density at radius 1 is 0.900 bits per heavy atom. The summed E-state index contributed by atoms with van der Waals surface area (Å²) in [6.07, 6.45) is 2.27. The molecule has 0 amide bonds. The molecule has 0 saturated carbocycles. The van der Waals surface area contributed by atoms with Crippen molar-refractivity contribution >= 4 is 0 Å². The van der Waals surface area contributed by atoms with E-state index in [0.29, 0.717) is 12.8 Å². The van der Waals surface area contributed by atoms with Gasteiger partial charge in [-0.05, 0) is 12.8 Å². The molecule has 0 aliphatic heterocycles. The third-order valence-corrected chi connectivity index (χ3v) is 1.61. The number of hydrogen-bond acceptors (Lipinski definition) is 2. The minimum atomic E-state index is -0.509. The second-order valence-corrected chi connectivity index (χ2v) is 2.71. The Labute approximate surface area is 62.9 Å². The first-order valence-corrected chi connectivity index (χ1v) is 4.08. The van der Waals surface area contributed by atoms with Crippen molar-refractivity contribution in [1.29, 1.82) is 0 Å². The molecule has 0 rings (SSSR count). The lowest BCUT2D eigenvalue weighted by Gasteiger charge is -2.15. The summed E-state index contributed by atoms with van der Waals surface area (Å²) in [4.78, 5) is 0. The molecule has 0 saturated heterocycles. The molecule has 0 heterocycles. The molecule has 0 aliphatic carbocycles. The molecule has 0 bridgehead atoms. The van der Waals surface area contributed by atoms with E-state index in [-0.39, 0.29) is 0 Å². The molecule has 0 spiro atoms. The highest BCUT2D eigenvalue weighted by Gasteiger charge is 2.12. The number of rotatable bonds is 5. The fraction of sp³-hybridized carbons (Fsp3) is 1.00. The fourth-order valence-electron chi connectivity index (χ4n) is 0.976. The molecule has 2 atom stereocenters. The molecule has 0 aromatic heterocycles. The standard InChI is InChI=1S/C8H18O2/c1-3-5-7(9)8(10)6-4-2/h7-10H,3-6H2,1-2H3/t7-,8+. The quantitative estimate of drug-likeness (QED) is 0.614. The Balaban J connectivity index is 3.38. The highest BCUT2D eigenvalue weighted by molar-refractivity contribution is 4.65. The summed E-state index contributed by atoms with van der Waals surface area (Å²) in [5.41, 5.74) is 0. The molecule has 2 heteroatoms. The van der Waals surface area contributed by atoms with Gasteiger partial charge in [0.2, 0.25) is 0 Å². The average molecular weight is 146 g/mol. The van der Waals surface area contributed by atoms with Gasteiger partial charge in [0.15, 0.2) is 0 Å². The molecular formula is C8H18O2. The molecular weight excluding hydrogens is 128 g/mol. The van der Waals surface area contributed by atoms with Gasteiger partial charge in [-0.1, -0.05) is 26.7 Å². The Hall–Kier alpha value is -0.0800. The van der Waals surface area contributed by atoms with Crippen molar-refractivity contribution in [2.45, 2.75) is 51.7 Å². The predicted octanol–water partition coefficient (Wildman–Crippen LogP) is 1.31. The highest BCUT2D eigenvalue weighted by atomic mass is 16.3. The molecule has 0 aromatic rings. The summed E-state index contributed by atoms with van der Waals surface area (Å²) >= 11 is 0. The van der Waals surface area contributed by atoms with E-state index in [1.54, 1.807) is 0 Å². The van der Waals surface area contributed by atoms with Crippen molar-refractivity contribution in [2.75, 3.05) is 0 Å². The van der Waals surface area contributed by atoms with E-state index in [0.717, 1.165) is 12.8 Å². The first-order valence-electron chi connectivity index (χ1n) is 4.08. The van der Waals surface area contributed by atoms with Crippen molar-refractivity contribution in [3.8, 4) is 0 Å². The number of aliphatic hydroxyl groups is 2. The zero-order valence-corrected chi connectivity index (χ0v) is 6.88. The van der Waals surface area contributed by atoms with Crippen molar-refractivity contribution in [3.05, 3.63) is 0 Å². The van der Waals surface area contributed by atoms with E-state index in [1.807, 2.05) is 13.8 Å². The van der Waals surface area contributed by atoms with Gasteiger partial charge in [-0.3, -0.25) is 0 Å². The minimum Gasteiger partial charge on any atom is -0.390 e. The molecule has 10 heavy (non-hydrogen) atoms. The minimum absolute atomic E-state index is 0.509. The van der Waals surface area contributed by atoms with Gasteiger partial charge in [-0.25, -0.2) is 0 Å². The van der Waals surface area contributed by atoms with E-state index in [4.69, 9.17) is 0 Å². The highest BCUT2D eigenvalue weighted by Crippen LogP contribution is 2.06. The van der Waals surface area contributed by atoms with E-state index in [1.165, 1.54) is 0 Å². The Morgan fingerprint density at radius 2 is 1.20 bits per heavy atom. The van der Waals surface area contributed by atoms with Crippen LogP contribution in [0, 0.1) is 0 Å². The second-order valence-electron chi connectivity index (χ2n) is 2.71. The maximum Gasteiger partial charge on any atom is 0.0799 e. The van der Waals surface area contributed by atoms with Crippen LogP contribution in [0.1, 0.15) is 39.5 Å². The molecule has 62 valence electrons. The summed E-state index contributed by atoms with van der Waals surface area (Å²) in [5, 5.41) is 18.4. The van der Waals surface area contributed by atoms with Crippen molar-refractivity contribution in [3.63, 3.8) is 0 Å². The smallest absolute Gasteiger partial charge is 0.0799 e. The van der Waals surface area contributed by atoms with Crippen LogP contribution in [0.25, 0.3) is 0 Å². The van der Waals surface area contributed by atoms with E-state index >= 15 is 0 Å². The topological polar surface area (TPSA) is 40.5 Å². The zero-order chi connectivity index (χ0) is 7.98. The van der Waals surface area contributed by atoms with E-state index in [2.05, 4.69) is 0 Å². The van der Waals surface area contributed by atoms with Crippen LogP contribution in [0.15, 0.2) is 0 Å². The summed E-state index contributed by atoms with van der Waals surface area (Å²) < 4.78 is 0. The molecule has 0 aromatic carbocycles. The van der Waals surface area contributed by atoms with Crippen LogP contribution in [-0.2, 0) is 0 Å². The molecule has 2 nitrogen and oxygen atoms in total. The Morgan fingerprint density at radius 3 is 1.40 bits per heavy atom. The maximum atomic E-state index is 9.20. The van der Waals surface area contributed by atoms with Gasteiger partial charge in [0, 0.05) is 0 Å². The van der Waals surface area contributed by atoms with Crippen LogP contribution < -0.4 is 0 Å².